The molecule has 3 rings (SSSR count). The number of benzene rings is 2. The van der Waals surface area contributed by atoms with Gasteiger partial charge in [0.2, 0.25) is 5.91 Å². The van der Waals surface area contributed by atoms with Crippen molar-refractivity contribution in [3.63, 3.8) is 0 Å². The van der Waals surface area contributed by atoms with Crippen LogP contribution in [0.3, 0.4) is 0 Å². The van der Waals surface area contributed by atoms with Crippen LogP contribution in [0.1, 0.15) is 19.4 Å². The summed E-state index contributed by atoms with van der Waals surface area (Å²) in [5, 5.41) is 5.37. The third-order valence-corrected chi connectivity index (χ3v) is 4.23. The van der Waals surface area contributed by atoms with Crippen molar-refractivity contribution in [3.8, 4) is 0 Å². The average molecular weight is 377 g/mol. The largest absolute Gasteiger partial charge is 0.418 e. The van der Waals surface area contributed by atoms with Crippen molar-refractivity contribution in [3.05, 3.63) is 54.1 Å². The predicted molar refractivity (Wildman–Crippen MR) is 96.6 cm³/mol. The highest BCUT2D eigenvalue weighted by Gasteiger charge is 2.39. The van der Waals surface area contributed by atoms with Gasteiger partial charge in [0.25, 0.3) is 5.91 Å². The Bertz CT molecular complexity index is 894. The van der Waals surface area contributed by atoms with Crippen molar-refractivity contribution < 1.29 is 22.8 Å². The molecule has 27 heavy (non-hydrogen) atoms. The number of nitrogens with one attached hydrogen (secondary N) is 2. The van der Waals surface area contributed by atoms with Crippen LogP contribution >= 0.6 is 0 Å². The third-order valence-electron chi connectivity index (χ3n) is 4.23. The standard InChI is InChI=1S/C19H18F3N3O2/c1-18(2)17(27)25(15-10-6-5-9-14(15)24-18)11-16(26)23-13-8-4-3-7-12(13)19(20,21)22/h3-10,24H,11H2,1-2H3,(H,23,26). The van der Waals surface area contributed by atoms with Crippen LogP contribution in [0, 0.1) is 0 Å². The molecule has 1 aliphatic heterocycles. The molecule has 0 unspecified atom stereocenters. The highest BCUT2D eigenvalue weighted by molar-refractivity contribution is 6.11. The van der Waals surface area contributed by atoms with Crippen molar-refractivity contribution in [2.24, 2.45) is 0 Å². The molecule has 2 N–H and O–H groups in total. The lowest BCUT2D eigenvalue weighted by Crippen LogP contribution is -2.55. The van der Waals surface area contributed by atoms with Crippen molar-refractivity contribution in [2.75, 3.05) is 22.1 Å². The van der Waals surface area contributed by atoms with Gasteiger partial charge in [-0.15, -0.1) is 0 Å². The van der Waals surface area contributed by atoms with E-state index in [0.717, 1.165) is 6.07 Å². The highest BCUT2D eigenvalue weighted by Crippen LogP contribution is 2.36. The summed E-state index contributed by atoms with van der Waals surface area (Å²) in [5.41, 5.74) is -1.05. The minimum Gasteiger partial charge on any atom is -0.370 e. The van der Waals surface area contributed by atoms with Crippen LogP contribution in [0.15, 0.2) is 48.5 Å². The molecule has 2 aromatic rings. The number of hydrogen-bond acceptors (Lipinski definition) is 3. The van der Waals surface area contributed by atoms with E-state index in [0.29, 0.717) is 11.4 Å². The fourth-order valence-electron chi connectivity index (χ4n) is 2.98. The van der Waals surface area contributed by atoms with Gasteiger partial charge in [-0.2, -0.15) is 13.2 Å². The van der Waals surface area contributed by atoms with E-state index in [1.165, 1.54) is 23.1 Å². The number of amides is 2. The van der Waals surface area contributed by atoms with Crippen LogP contribution in [-0.2, 0) is 15.8 Å². The lowest BCUT2D eigenvalue weighted by Gasteiger charge is -2.39. The summed E-state index contributed by atoms with van der Waals surface area (Å²) in [6.07, 6.45) is -4.59. The van der Waals surface area contributed by atoms with Gasteiger partial charge in [0.05, 0.1) is 22.6 Å². The molecule has 2 amide bonds. The number of nitrogens with zero attached hydrogens (tertiary/aromatic N) is 1. The van der Waals surface area contributed by atoms with Gasteiger partial charge in [0.15, 0.2) is 0 Å². The van der Waals surface area contributed by atoms with Crippen molar-refractivity contribution in [1.29, 1.82) is 0 Å². The van der Waals surface area contributed by atoms with Gasteiger partial charge in [-0.1, -0.05) is 24.3 Å². The van der Waals surface area contributed by atoms with Gasteiger partial charge >= 0.3 is 6.18 Å². The molecule has 2 aromatic carbocycles. The fraction of sp³-hybridized carbons (Fsp3) is 0.263. The molecule has 142 valence electrons. The van der Waals surface area contributed by atoms with Crippen LogP contribution in [0.5, 0.6) is 0 Å². The fourth-order valence-corrected chi connectivity index (χ4v) is 2.98. The maximum Gasteiger partial charge on any atom is 0.418 e. The first-order valence-electron chi connectivity index (χ1n) is 8.25. The first-order chi connectivity index (χ1) is 12.6. The maximum atomic E-state index is 13.1. The second kappa shape index (κ2) is 6.61. The second-order valence-corrected chi connectivity index (χ2v) is 6.75. The summed E-state index contributed by atoms with van der Waals surface area (Å²) in [7, 11) is 0. The van der Waals surface area contributed by atoms with Crippen LogP contribution in [0.25, 0.3) is 0 Å². The molecule has 1 heterocycles. The Balaban J connectivity index is 1.86. The Labute approximate surface area is 154 Å². The predicted octanol–water partition coefficient (Wildman–Crippen LogP) is 3.88. The van der Waals surface area contributed by atoms with Crippen molar-refractivity contribution >= 4 is 28.9 Å². The summed E-state index contributed by atoms with van der Waals surface area (Å²) < 4.78 is 39.3. The van der Waals surface area contributed by atoms with Crippen LogP contribution in [0.2, 0.25) is 0 Å². The Hall–Kier alpha value is -3.03. The smallest absolute Gasteiger partial charge is 0.370 e. The van der Waals surface area contributed by atoms with Crippen molar-refractivity contribution in [2.45, 2.75) is 25.6 Å². The van der Waals surface area contributed by atoms with Gasteiger partial charge in [-0.3, -0.25) is 14.5 Å². The molecule has 0 spiro atoms. The van der Waals surface area contributed by atoms with E-state index >= 15 is 0 Å². The second-order valence-electron chi connectivity index (χ2n) is 6.75. The topological polar surface area (TPSA) is 61.4 Å². The van der Waals surface area contributed by atoms with E-state index in [1.54, 1.807) is 38.1 Å². The first kappa shape index (κ1) is 18.8. The average Bonchev–Trinajstić information content (AvgIpc) is 2.58. The zero-order chi connectivity index (χ0) is 19.8. The number of halogens is 3. The van der Waals surface area contributed by atoms with E-state index in [-0.39, 0.29) is 11.6 Å². The molecule has 0 saturated carbocycles. The molecule has 0 radical (unpaired) electrons. The Morgan fingerprint density at radius 3 is 2.44 bits per heavy atom. The molecule has 0 bridgehead atoms. The van der Waals surface area contributed by atoms with Crippen LogP contribution in [-0.4, -0.2) is 23.9 Å². The Kier molecular flexibility index (Phi) is 4.59. The van der Waals surface area contributed by atoms with E-state index in [4.69, 9.17) is 0 Å². The zero-order valence-corrected chi connectivity index (χ0v) is 14.7. The molecule has 8 heteroatoms. The minimum absolute atomic E-state index is 0.342. The van der Waals surface area contributed by atoms with Crippen molar-refractivity contribution in [1.82, 2.24) is 0 Å². The number of para-hydroxylation sites is 3. The normalized spacial score (nSPS) is 15.7. The van der Waals surface area contributed by atoms with E-state index < -0.39 is 29.7 Å². The molecule has 0 aromatic heterocycles. The molecule has 0 saturated heterocycles. The number of alkyl halides is 3. The molecule has 0 aliphatic carbocycles. The first-order valence-corrected chi connectivity index (χ1v) is 8.25. The van der Waals surface area contributed by atoms with E-state index in [2.05, 4.69) is 10.6 Å². The summed E-state index contributed by atoms with van der Waals surface area (Å²) in [6, 6.07) is 11.7. The number of anilines is 3. The molecular formula is C19H18F3N3O2. The highest BCUT2D eigenvalue weighted by atomic mass is 19.4. The third kappa shape index (κ3) is 3.74. The molecule has 1 aliphatic rings. The van der Waals surface area contributed by atoms with Crippen LogP contribution < -0.4 is 15.5 Å². The molecular weight excluding hydrogens is 359 g/mol. The van der Waals surface area contributed by atoms with Gasteiger partial charge < -0.3 is 10.6 Å². The molecule has 0 atom stereocenters. The maximum absolute atomic E-state index is 13.1. The van der Waals surface area contributed by atoms with Gasteiger partial charge in [-0.05, 0) is 38.1 Å². The monoisotopic (exact) mass is 377 g/mol. The van der Waals surface area contributed by atoms with Crippen LogP contribution in [0.4, 0.5) is 30.2 Å². The summed E-state index contributed by atoms with van der Waals surface area (Å²) >= 11 is 0. The Morgan fingerprint density at radius 1 is 1.11 bits per heavy atom. The van der Waals surface area contributed by atoms with Gasteiger partial charge in [0.1, 0.15) is 12.1 Å². The lowest BCUT2D eigenvalue weighted by molar-refractivity contribution is -0.137. The number of fused-ring (bicyclic) bond motifs is 1. The van der Waals surface area contributed by atoms with E-state index in [1.807, 2.05) is 0 Å². The number of rotatable bonds is 3. The number of carbonyl (C=O) groups excluding carboxylic acids is 2. The Morgan fingerprint density at radius 2 is 1.74 bits per heavy atom. The van der Waals surface area contributed by atoms with Gasteiger partial charge in [-0.25, -0.2) is 0 Å². The number of carbonyl (C=O) groups is 2. The minimum atomic E-state index is -4.59. The summed E-state index contributed by atoms with van der Waals surface area (Å²) in [4.78, 5) is 26.4. The summed E-state index contributed by atoms with van der Waals surface area (Å²) in [6.45, 7) is 2.96. The quantitative estimate of drug-likeness (QED) is 0.853. The molecule has 0 fully saturated rings. The SMILES string of the molecule is CC1(C)Nc2ccccc2N(CC(=O)Nc2ccccc2C(F)(F)F)C1=O. The van der Waals surface area contributed by atoms with E-state index in [9.17, 15) is 22.8 Å². The lowest BCUT2D eigenvalue weighted by atomic mass is 9.98. The zero-order valence-electron chi connectivity index (χ0n) is 14.7. The van der Waals surface area contributed by atoms with Gasteiger partial charge in [0, 0.05) is 0 Å². The summed E-state index contributed by atoms with van der Waals surface area (Å²) in [5.74, 6) is -1.06. The number of hydrogen-bond donors (Lipinski definition) is 2. The molecule has 5 nitrogen and oxygen atoms in total.